The first-order valence-corrected chi connectivity index (χ1v) is 7.60. The molecule has 0 unspecified atom stereocenters. The lowest BCUT2D eigenvalue weighted by molar-refractivity contribution is 0.247. The number of halogens is 2. The Morgan fingerprint density at radius 1 is 1.04 bits per heavy atom. The number of hydrogen-bond donors (Lipinski definition) is 2. The molecule has 0 radical (unpaired) electrons. The van der Waals surface area contributed by atoms with E-state index in [1.807, 2.05) is 0 Å². The fraction of sp³-hybridized carbons (Fsp3) is 0.188. The molecule has 0 fully saturated rings. The van der Waals surface area contributed by atoms with Gasteiger partial charge in [0.2, 0.25) is 0 Å². The number of nitrogens with one attached hydrogen (secondary N) is 2. The van der Waals surface area contributed by atoms with Crippen LogP contribution in [0.5, 0.6) is 11.5 Å². The van der Waals surface area contributed by atoms with Gasteiger partial charge in [0, 0.05) is 15.7 Å². The van der Waals surface area contributed by atoms with Gasteiger partial charge in [0.05, 0.1) is 13.7 Å². The molecule has 0 aromatic heterocycles. The van der Waals surface area contributed by atoms with Gasteiger partial charge in [-0.25, -0.2) is 4.79 Å². The van der Waals surface area contributed by atoms with E-state index in [9.17, 15) is 4.79 Å². The van der Waals surface area contributed by atoms with Crippen LogP contribution in [0.3, 0.4) is 0 Å². The molecule has 5 nitrogen and oxygen atoms in total. The Bertz CT molecular complexity index is 643. The van der Waals surface area contributed by atoms with Gasteiger partial charge in [0.15, 0.2) is 0 Å². The van der Waals surface area contributed by atoms with Gasteiger partial charge < -0.3 is 20.1 Å². The summed E-state index contributed by atoms with van der Waals surface area (Å²) >= 11 is 11.7. The highest BCUT2D eigenvalue weighted by atomic mass is 35.5. The third-order valence-corrected chi connectivity index (χ3v) is 3.27. The standard InChI is InChI=1S/C16H16Cl2N2O3/c1-22-14-2-4-15(5-3-14)23-7-6-19-16(21)20-13-9-11(17)8-12(18)10-13/h2-5,8-10H,6-7H2,1H3,(H2,19,20,21). The van der Waals surface area contributed by atoms with Crippen molar-refractivity contribution in [2.45, 2.75) is 0 Å². The second kappa shape index (κ2) is 8.50. The number of ether oxygens (including phenoxy) is 2. The fourth-order valence-corrected chi connectivity index (χ4v) is 2.33. The molecule has 2 N–H and O–H groups in total. The van der Waals surface area contributed by atoms with Crippen LogP contribution in [0.1, 0.15) is 0 Å². The molecule has 0 spiro atoms. The number of urea groups is 1. The van der Waals surface area contributed by atoms with Gasteiger partial charge in [-0.2, -0.15) is 0 Å². The van der Waals surface area contributed by atoms with Crippen LogP contribution in [0.2, 0.25) is 10.0 Å². The molecule has 0 saturated carbocycles. The highest BCUT2D eigenvalue weighted by molar-refractivity contribution is 6.35. The highest BCUT2D eigenvalue weighted by Gasteiger charge is 2.03. The third-order valence-electron chi connectivity index (χ3n) is 2.84. The summed E-state index contributed by atoms with van der Waals surface area (Å²) in [6.07, 6.45) is 0. The van der Waals surface area contributed by atoms with Crippen molar-refractivity contribution in [3.8, 4) is 11.5 Å². The first kappa shape index (κ1) is 17.2. The molecule has 0 heterocycles. The van der Waals surface area contributed by atoms with E-state index in [2.05, 4.69) is 10.6 Å². The molecule has 2 rings (SSSR count). The predicted molar refractivity (Wildman–Crippen MR) is 92.0 cm³/mol. The maximum absolute atomic E-state index is 11.7. The van der Waals surface area contributed by atoms with Crippen molar-refractivity contribution >= 4 is 34.9 Å². The van der Waals surface area contributed by atoms with Crippen LogP contribution in [0.15, 0.2) is 42.5 Å². The van der Waals surface area contributed by atoms with Crippen LogP contribution in [0.4, 0.5) is 10.5 Å². The molecule has 2 aromatic rings. The van der Waals surface area contributed by atoms with Gasteiger partial charge in [-0.05, 0) is 42.5 Å². The lowest BCUT2D eigenvalue weighted by Gasteiger charge is -2.10. The van der Waals surface area contributed by atoms with Crippen LogP contribution in [0, 0.1) is 0 Å². The summed E-state index contributed by atoms with van der Waals surface area (Å²) in [5.41, 5.74) is 0.524. The van der Waals surface area contributed by atoms with E-state index in [1.165, 1.54) is 0 Å². The maximum Gasteiger partial charge on any atom is 0.319 e. The van der Waals surface area contributed by atoms with Gasteiger partial charge in [-0.3, -0.25) is 0 Å². The highest BCUT2D eigenvalue weighted by Crippen LogP contribution is 2.22. The Balaban J connectivity index is 1.71. The predicted octanol–water partition coefficient (Wildman–Crippen LogP) is 4.20. The molecule has 0 aliphatic rings. The topological polar surface area (TPSA) is 59.6 Å². The van der Waals surface area contributed by atoms with E-state index in [-0.39, 0.29) is 6.03 Å². The summed E-state index contributed by atoms with van der Waals surface area (Å²) in [5.74, 6) is 1.46. The van der Waals surface area contributed by atoms with Gasteiger partial charge in [-0.15, -0.1) is 0 Å². The number of benzene rings is 2. The molecule has 122 valence electrons. The van der Waals surface area contributed by atoms with Crippen LogP contribution >= 0.6 is 23.2 Å². The van der Waals surface area contributed by atoms with Crippen molar-refractivity contribution in [2.75, 3.05) is 25.6 Å². The van der Waals surface area contributed by atoms with E-state index >= 15 is 0 Å². The lowest BCUT2D eigenvalue weighted by atomic mass is 10.3. The number of anilines is 1. The summed E-state index contributed by atoms with van der Waals surface area (Å²) in [6.45, 7) is 0.697. The molecule has 2 aromatic carbocycles. The molecule has 0 aliphatic carbocycles. The number of carbonyl (C=O) groups excluding carboxylic acids is 1. The number of amides is 2. The van der Waals surface area contributed by atoms with Crippen molar-refractivity contribution in [2.24, 2.45) is 0 Å². The van der Waals surface area contributed by atoms with Gasteiger partial charge in [-0.1, -0.05) is 23.2 Å². The second-order valence-electron chi connectivity index (χ2n) is 4.56. The molecule has 7 heteroatoms. The second-order valence-corrected chi connectivity index (χ2v) is 5.44. The molecular weight excluding hydrogens is 339 g/mol. The molecule has 0 aliphatic heterocycles. The monoisotopic (exact) mass is 354 g/mol. The van der Waals surface area contributed by atoms with E-state index in [0.29, 0.717) is 34.6 Å². The molecule has 23 heavy (non-hydrogen) atoms. The number of carbonyl (C=O) groups is 1. The Kier molecular flexibility index (Phi) is 6.38. The van der Waals surface area contributed by atoms with Crippen molar-refractivity contribution in [1.29, 1.82) is 0 Å². The summed E-state index contributed by atoms with van der Waals surface area (Å²) < 4.78 is 10.6. The van der Waals surface area contributed by atoms with Crippen LogP contribution in [-0.4, -0.2) is 26.3 Å². The Labute approximate surface area is 144 Å². The Morgan fingerprint density at radius 2 is 1.65 bits per heavy atom. The van der Waals surface area contributed by atoms with E-state index in [1.54, 1.807) is 49.6 Å². The maximum atomic E-state index is 11.7. The zero-order chi connectivity index (χ0) is 16.7. The van der Waals surface area contributed by atoms with Gasteiger partial charge in [0.25, 0.3) is 0 Å². The summed E-state index contributed by atoms with van der Waals surface area (Å²) in [4.78, 5) is 11.7. The smallest absolute Gasteiger partial charge is 0.319 e. The van der Waals surface area contributed by atoms with Crippen molar-refractivity contribution < 1.29 is 14.3 Å². The Hall–Kier alpha value is -2.11. The van der Waals surface area contributed by atoms with E-state index < -0.39 is 0 Å². The first-order chi connectivity index (χ1) is 11.1. The van der Waals surface area contributed by atoms with E-state index in [4.69, 9.17) is 32.7 Å². The van der Waals surface area contributed by atoms with Crippen molar-refractivity contribution in [3.63, 3.8) is 0 Å². The Morgan fingerprint density at radius 3 is 2.26 bits per heavy atom. The quantitative estimate of drug-likeness (QED) is 0.764. The fourth-order valence-electron chi connectivity index (χ4n) is 1.81. The minimum atomic E-state index is -0.360. The van der Waals surface area contributed by atoms with Gasteiger partial charge >= 0.3 is 6.03 Å². The average Bonchev–Trinajstić information content (AvgIpc) is 2.51. The molecule has 0 bridgehead atoms. The van der Waals surface area contributed by atoms with Crippen LogP contribution < -0.4 is 20.1 Å². The molecule has 0 saturated heterocycles. The minimum Gasteiger partial charge on any atom is -0.497 e. The first-order valence-electron chi connectivity index (χ1n) is 6.84. The van der Waals surface area contributed by atoms with Crippen LogP contribution in [0.25, 0.3) is 0 Å². The number of rotatable bonds is 6. The van der Waals surface area contributed by atoms with Gasteiger partial charge in [0.1, 0.15) is 18.1 Å². The molecular formula is C16H16Cl2N2O3. The molecule has 0 atom stereocenters. The summed E-state index contributed by atoms with van der Waals surface area (Å²) in [5, 5.41) is 6.23. The number of methoxy groups -OCH3 is 1. The zero-order valence-corrected chi connectivity index (χ0v) is 13.9. The third kappa shape index (κ3) is 5.88. The lowest BCUT2D eigenvalue weighted by Crippen LogP contribution is -2.32. The zero-order valence-electron chi connectivity index (χ0n) is 12.4. The number of hydrogen-bond acceptors (Lipinski definition) is 3. The largest absolute Gasteiger partial charge is 0.497 e. The van der Waals surface area contributed by atoms with Crippen molar-refractivity contribution in [1.82, 2.24) is 5.32 Å². The summed E-state index contributed by atoms with van der Waals surface area (Å²) in [7, 11) is 1.60. The van der Waals surface area contributed by atoms with Crippen molar-refractivity contribution in [3.05, 3.63) is 52.5 Å². The van der Waals surface area contributed by atoms with Crippen LogP contribution in [-0.2, 0) is 0 Å². The summed E-state index contributed by atoms with van der Waals surface area (Å²) in [6, 6.07) is 11.7. The minimum absolute atomic E-state index is 0.343. The van der Waals surface area contributed by atoms with E-state index in [0.717, 1.165) is 5.75 Å². The molecule has 2 amide bonds. The SMILES string of the molecule is COc1ccc(OCCNC(=O)Nc2cc(Cl)cc(Cl)c2)cc1. The average molecular weight is 355 g/mol. The normalized spacial score (nSPS) is 10.0.